The summed E-state index contributed by atoms with van der Waals surface area (Å²) < 4.78 is 12.6. The fourth-order valence-electron chi connectivity index (χ4n) is 3.45. The van der Waals surface area contributed by atoms with Gasteiger partial charge >= 0.3 is 0 Å². The molecule has 150 valence electrons. The maximum absolute atomic E-state index is 10.5. The standard InChI is InChI=1S/C17H22N6O5/c1-2-4-18-17-22-11-14(21-9-3-5-27-7-9)19-8-20-15(11)23(17)16-13(26)12(25)10(6-24)28-16/h1,8-10,12-13,16,24-26H,3-7H2,(H,18,22)(H,19,20,21)/t9-,10-,12-,13-,16-/m1/s1. The van der Waals surface area contributed by atoms with Gasteiger partial charge in [0.05, 0.1) is 25.8 Å². The highest BCUT2D eigenvalue weighted by atomic mass is 16.6. The van der Waals surface area contributed by atoms with Crippen molar-refractivity contribution in [2.45, 2.75) is 37.0 Å². The molecule has 0 saturated carbocycles. The van der Waals surface area contributed by atoms with Crippen LogP contribution in [0.1, 0.15) is 12.6 Å². The Hall–Kier alpha value is -2.49. The molecule has 11 heteroatoms. The molecule has 0 bridgehead atoms. The third-order valence-corrected chi connectivity index (χ3v) is 4.87. The number of terminal acetylenes is 1. The molecule has 11 nitrogen and oxygen atoms in total. The van der Waals surface area contributed by atoms with E-state index in [0.29, 0.717) is 36.1 Å². The predicted octanol–water partition coefficient (Wildman–Crippen LogP) is -1.32. The van der Waals surface area contributed by atoms with Crippen LogP contribution in [0.2, 0.25) is 0 Å². The van der Waals surface area contributed by atoms with E-state index in [0.717, 1.165) is 6.42 Å². The van der Waals surface area contributed by atoms with Crippen LogP contribution in [0, 0.1) is 12.3 Å². The molecule has 2 fully saturated rings. The van der Waals surface area contributed by atoms with Crippen LogP contribution in [0.15, 0.2) is 6.33 Å². The number of rotatable bonds is 6. The number of fused-ring (bicyclic) bond motifs is 1. The lowest BCUT2D eigenvalue weighted by molar-refractivity contribution is -0.0501. The first-order valence-corrected chi connectivity index (χ1v) is 9.01. The average molecular weight is 390 g/mol. The molecule has 5 N–H and O–H groups in total. The first-order valence-electron chi connectivity index (χ1n) is 9.01. The van der Waals surface area contributed by atoms with E-state index in [-0.39, 0.29) is 12.6 Å². The van der Waals surface area contributed by atoms with Crippen molar-refractivity contribution in [1.29, 1.82) is 0 Å². The molecule has 0 aromatic carbocycles. The molecule has 28 heavy (non-hydrogen) atoms. The van der Waals surface area contributed by atoms with Crippen molar-refractivity contribution in [2.24, 2.45) is 0 Å². The number of aromatic nitrogens is 4. The van der Waals surface area contributed by atoms with Crippen LogP contribution in [0.5, 0.6) is 0 Å². The van der Waals surface area contributed by atoms with Crippen molar-refractivity contribution in [3.05, 3.63) is 6.33 Å². The van der Waals surface area contributed by atoms with Crippen LogP contribution < -0.4 is 10.6 Å². The molecule has 4 rings (SSSR count). The van der Waals surface area contributed by atoms with Gasteiger partial charge in [-0.25, -0.2) is 15.0 Å². The van der Waals surface area contributed by atoms with Gasteiger partial charge in [0.1, 0.15) is 24.6 Å². The van der Waals surface area contributed by atoms with Gasteiger partial charge in [0.15, 0.2) is 23.2 Å². The molecule has 2 aromatic rings. The number of hydrogen-bond acceptors (Lipinski definition) is 10. The third-order valence-electron chi connectivity index (χ3n) is 4.87. The Morgan fingerprint density at radius 2 is 2.18 bits per heavy atom. The molecule has 4 heterocycles. The highest BCUT2D eigenvalue weighted by Gasteiger charge is 2.45. The van der Waals surface area contributed by atoms with Crippen LogP contribution in [-0.4, -0.2) is 85.6 Å². The van der Waals surface area contributed by atoms with Gasteiger partial charge in [0.2, 0.25) is 5.95 Å². The van der Waals surface area contributed by atoms with Gasteiger partial charge in [0.25, 0.3) is 0 Å². The fraction of sp³-hybridized carbons (Fsp3) is 0.588. The molecule has 0 radical (unpaired) electrons. The Labute approximate surface area is 160 Å². The van der Waals surface area contributed by atoms with Crippen molar-refractivity contribution >= 4 is 22.9 Å². The second-order valence-corrected chi connectivity index (χ2v) is 6.69. The number of imidazole rings is 1. The lowest BCUT2D eigenvalue weighted by Gasteiger charge is -2.19. The molecule has 2 aliphatic rings. The van der Waals surface area contributed by atoms with Crippen LogP contribution in [0.25, 0.3) is 11.2 Å². The minimum atomic E-state index is -1.28. The predicted molar refractivity (Wildman–Crippen MR) is 98.5 cm³/mol. The molecular weight excluding hydrogens is 368 g/mol. The highest BCUT2D eigenvalue weighted by Crippen LogP contribution is 2.35. The zero-order valence-corrected chi connectivity index (χ0v) is 15.0. The first-order chi connectivity index (χ1) is 13.6. The van der Waals surface area contributed by atoms with Crippen molar-refractivity contribution in [1.82, 2.24) is 19.5 Å². The summed E-state index contributed by atoms with van der Waals surface area (Å²) in [6.07, 6.45) is 3.12. The van der Waals surface area contributed by atoms with Crippen LogP contribution >= 0.6 is 0 Å². The van der Waals surface area contributed by atoms with Gasteiger partial charge < -0.3 is 35.4 Å². The molecule has 0 unspecified atom stereocenters. The Bertz CT molecular complexity index is 877. The molecule has 2 saturated heterocycles. The number of aliphatic hydroxyl groups is 3. The summed E-state index contributed by atoms with van der Waals surface area (Å²) in [6, 6.07) is 0.110. The van der Waals surface area contributed by atoms with Crippen molar-refractivity contribution in [3.63, 3.8) is 0 Å². The van der Waals surface area contributed by atoms with E-state index in [1.165, 1.54) is 10.9 Å². The molecular formula is C17H22N6O5. The van der Waals surface area contributed by atoms with Crippen LogP contribution in [-0.2, 0) is 9.47 Å². The molecule has 2 aliphatic heterocycles. The van der Waals surface area contributed by atoms with E-state index >= 15 is 0 Å². The maximum atomic E-state index is 10.5. The van der Waals surface area contributed by atoms with Crippen molar-refractivity contribution in [3.8, 4) is 12.3 Å². The maximum Gasteiger partial charge on any atom is 0.208 e. The third kappa shape index (κ3) is 3.25. The quantitative estimate of drug-likeness (QED) is 0.376. The van der Waals surface area contributed by atoms with Crippen LogP contribution in [0.4, 0.5) is 11.8 Å². The molecule has 0 amide bonds. The summed E-state index contributed by atoms with van der Waals surface area (Å²) in [4.78, 5) is 13.1. The fourth-order valence-corrected chi connectivity index (χ4v) is 3.45. The lowest BCUT2D eigenvalue weighted by Crippen LogP contribution is -2.33. The van der Waals surface area contributed by atoms with Gasteiger partial charge in [-0.2, -0.15) is 0 Å². The van der Waals surface area contributed by atoms with E-state index in [1.807, 2.05) is 0 Å². The second kappa shape index (κ2) is 7.86. The van der Waals surface area contributed by atoms with Gasteiger partial charge in [-0.05, 0) is 6.42 Å². The van der Waals surface area contributed by atoms with Crippen LogP contribution in [0.3, 0.4) is 0 Å². The monoisotopic (exact) mass is 390 g/mol. The minimum absolute atomic E-state index is 0.110. The summed E-state index contributed by atoms with van der Waals surface area (Å²) in [5.41, 5.74) is 0.859. The van der Waals surface area contributed by atoms with Gasteiger partial charge in [0, 0.05) is 6.61 Å². The molecule has 5 atom stereocenters. The summed E-state index contributed by atoms with van der Waals surface area (Å²) >= 11 is 0. The van der Waals surface area contributed by atoms with E-state index in [4.69, 9.17) is 15.9 Å². The average Bonchev–Trinajstić information content (AvgIpc) is 3.40. The molecule has 2 aromatic heterocycles. The summed E-state index contributed by atoms with van der Waals surface area (Å²) in [6.45, 7) is 1.00. The number of anilines is 2. The number of aliphatic hydroxyl groups excluding tert-OH is 3. The van der Waals surface area contributed by atoms with E-state index < -0.39 is 31.1 Å². The minimum Gasteiger partial charge on any atom is -0.394 e. The number of hydrogen-bond donors (Lipinski definition) is 5. The Balaban J connectivity index is 1.76. The Morgan fingerprint density at radius 3 is 2.86 bits per heavy atom. The summed E-state index contributed by atoms with van der Waals surface area (Å²) in [7, 11) is 0. The zero-order chi connectivity index (χ0) is 19.7. The summed E-state index contributed by atoms with van der Waals surface area (Å²) in [5.74, 6) is 3.30. The largest absolute Gasteiger partial charge is 0.394 e. The smallest absolute Gasteiger partial charge is 0.208 e. The Kier molecular flexibility index (Phi) is 5.29. The van der Waals surface area contributed by atoms with Gasteiger partial charge in [-0.1, -0.05) is 5.92 Å². The van der Waals surface area contributed by atoms with E-state index in [2.05, 4.69) is 31.5 Å². The number of ether oxygens (including phenoxy) is 2. The Morgan fingerprint density at radius 1 is 1.32 bits per heavy atom. The summed E-state index contributed by atoms with van der Waals surface area (Å²) in [5, 5.41) is 36.3. The van der Waals surface area contributed by atoms with E-state index in [1.54, 1.807) is 0 Å². The number of nitrogens with zero attached hydrogens (tertiary/aromatic N) is 4. The second-order valence-electron chi connectivity index (χ2n) is 6.69. The van der Waals surface area contributed by atoms with E-state index in [9.17, 15) is 15.3 Å². The van der Waals surface area contributed by atoms with Crippen molar-refractivity contribution in [2.75, 3.05) is 37.0 Å². The highest BCUT2D eigenvalue weighted by molar-refractivity contribution is 5.85. The van der Waals surface area contributed by atoms with Crippen molar-refractivity contribution < 1.29 is 24.8 Å². The first kappa shape index (κ1) is 18.9. The SMILES string of the molecule is C#CCNc1nc2c(N[C@@H]3CCOC3)ncnc2n1[C@@H]1O[C@H](CO)[C@@H](O)[C@H]1O. The number of nitrogens with one attached hydrogen (secondary N) is 2. The van der Waals surface area contributed by atoms with Gasteiger partial charge in [-0.15, -0.1) is 6.42 Å². The zero-order valence-electron chi connectivity index (χ0n) is 15.0. The lowest BCUT2D eigenvalue weighted by atomic mass is 10.1. The normalized spacial score (nSPS) is 29.9. The van der Waals surface area contributed by atoms with Gasteiger partial charge in [-0.3, -0.25) is 4.57 Å². The molecule has 0 aliphatic carbocycles. The topological polar surface area (TPSA) is 147 Å². The molecule has 0 spiro atoms.